The van der Waals surface area contributed by atoms with Crippen molar-refractivity contribution in [3.05, 3.63) is 16.1 Å². The fourth-order valence-electron chi connectivity index (χ4n) is 1.32. The molecule has 0 spiro atoms. The Hall–Kier alpha value is -0.450. The molecule has 0 radical (unpaired) electrons. The molecule has 0 amide bonds. The maximum absolute atomic E-state index is 5.57. The number of nitrogens with one attached hydrogen (secondary N) is 1. The zero-order chi connectivity index (χ0) is 11.3. The van der Waals surface area contributed by atoms with E-state index in [-0.39, 0.29) is 0 Å². The van der Waals surface area contributed by atoms with Gasteiger partial charge >= 0.3 is 0 Å². The van der Waals surface area contributed by atoms with Gasteiger partial charge in [-0.15, -0.1) is 11.3 Å². The van der Waals surface area contributed by atoms with E-state index in [1.165, 1.54) is 5.01 Å². The quantitative estimate of drug-likeness (QED) is 0.782. The molecule has 0 saturated heterocycles. The average molecular weight is 227 g/mol. The van der Waals surface area contributed by atoms with Gasteiger partial charge in [-0.25, -0.2) is 4.98 Å². The van der Waals surface area contributed by atoms with Gasteiger partial charge in [0.25, 0.3) is 0 Å². The molecule has 1 heterocycles. The molecular weight excluding hydrogens is 206 g/mol. The lowest BCUT2D eigenvalue weighted by Crippen LogP contribution is -2.23. The predicted molar refractivity (Wildman–Crippen MR) is 66.1 cm³/mol. The van der Waals surface area contributed by atoms with Crippen molar-refractivity contribution in [1.29, 1.82) is 0 Å². The zero-order valence-corrected chi connectivity index (χ0v) is 10.6. The topological polar surface area (TPSA) is 50.9 Å². The van der Waals surface area contributed by atoms with Gasteiger partial charge in [0, 0.05) is 11.1 Å². The molecule has 0 bridgehead atoms. The maximum Gasteiger partial charge on any atom is 0.110 e. The predicted octanol–water partition coefficient (Wildman–Crippen LogP) is 2.09. The molecule has 0 aliphatic carbocycles. The van der Waals surface area contributed by atoms with E-state index in [9.17, 15) is 0 Å². The fourth-order valence-corrected chi connectivity index (χ4v) is 2.15. The first kappa shape index (κ1) is 12.6. The van der Waals surface area contributed by atoms with Crippen LogP contribution in [0.25, 0.3) is 0 Å². The van der Waals surface area contributed by atoms with Crippen molar-refractivity contribution >= 4 is 11.3 Å². The molecule has 0 aliphatic rings. The minimum absolute atomic E-state index is 0.355. The second-order valence-corrected chi connectivity index (χ2v) is 5.02. The Balaban J connectivity index is 2.27. The molecule has 3 N–H and O–H groups in total. The highest BCUT2D eigenvalue weighted by molar-refractivity contribution is 7.09. The van der Waals surface area contributed by atoms with Crippen LogP contribution in [0, 0.1) is 12.8 Å². The fraction of sp³-hybridized carbons (Fsp3) is 0.727. The second kappa shape index (κ2) is 6.20. The van der Waals surface area contributed by atoms with Gasteiger partial charge in [-0.1, -0.05) is 6.92 Å². The van der Waals surface area contributed by atoms with E-state index in [0.717, 1.165) is 25.2 Å². The molecular formula is C11H21N3S. The summed E-state index contributed by atoms with van der Waals surface area (Å²) in [6.45, 7) is 8.15. The Bertz CT molecular complexity index is 285. The van der Waals surface area contributed by atoms with Gasteiger partial charge in [0.15, 0.2) is 0 Å². The minimum Gasteiger partial charge on any atom is -0.330 e. The molecule has 0 aliphatic heterocycles. The third-order valence-electron chi connectivity index (χ3n) is 2.50. The minimum atomic E-state index is 0.355. The summed E-state index contributed by atoms with van der Waals surface area (Å²) in [5.74, 6) is 0.600. The number of nitrogens with two attached hydrogens (primary N) is 1. The van der Waals surface area contributed by atoms with E-state index >= 15 is 0 Å². The lowest BCUT2D eigenvalue weighted by molar-refractivity contribution is 0.478. The van der Waals surface area contributed by atoms with E-state index in [1.807, 2.05) is 6.92 Å². The molecule has 0 aromatic carbocycles. The summed E-state index contributed by atoms with van der Waals surface area (Å²) in [5, 5.41) is 6.74. The number of nitrogens with zero attached hydrogens (tertiary/aromatic N) is 1. The van der Waals surface area contributed by atoms with Gasteiger partial charge in [-0.05, 0) is 39.3 Å². The van der Waals surface area contributed by atoms with Crippen LogP contribution in [0.2, 0.25) is 0 Å². The highest BCUT2D eigenvalue weighted by atomic mass is 32.1. The number of rotatable bonds is 6. The van der Waals surface area contributed by atoms with Crippen molar-refractivity contribution in [1.82, 2.24) is 10.3 Å². The van der Waals surface area contributed by atoms with Gasteiger partial charge in [0.1, 0.15) is 5.01 Å². The van der Waals surface area contributed by atoms with Crippen LogP contribution in [0.4, 0.5) is 0 Å². The number of hydrogen-bond acceptors (Lipinski definition) is 4. The Labute approximate surface area is 96.1 Å². The van der Waals surface area contributed by atoms with Crippen molar-refractivity contribution in [3.8, 4) is 0 Å². The Kier molecular flexibility index (Phi) is 5.22. The monoisotopic (exact) mass is 227 g/mol. The first-order chi connectivity index (χ1) is 7.13. The van der Waals surface area contributed by atoms with Crippen LogP contribution in [-0.4, -0.2) is 18.1 Å². The van der Waals surface area contributed by atoms with Crippen molar-refractivity contribution < 1.29 is 0 Å². The van der Waals surface area contributed by atoms with Crippen LogP contribution in [0.3, 0.4) is 0 Å². The van der Waals surface area contributed by atoms with E-state index in [2.05, 4.69) is 29.5 Å². The Morgan fingerprint density at radius 3 is 2.80 bits per heavy atom. The van der Waals surface area contributed by atoms with Gasteiger partial charge < -0.3 is 11.1 Å². The zero-order valence-electron chi connectivity index (χ0n) is 9.79. The molecule has 3 nitrogen and oxygen atoms in total. The maximum atomic E-state index is 5.57. The van der Waals surface area contributed by atoms with Crippen molar-refractivity contribution in [2.45, 2.75) is 33.2 Å². The molecule has 1 aromatic heterocycles. The van der Waals surface area contributed by atoms with Crippen LogP contribution in [0.5, 0.6) is 0 Å². The Morgan fingerprint density at radius 1 is 1.53 bits per heavy atom. The van der Waals surface area contributed by atoms with E-state index in [1.54, 1.807) is 11.3 Å². The van der Waals surface area contributed by atoms with Gasteiger partial charge in [-0.2, -0.15) is 0 Å². The number of thiazole rings is 1. The van der Waals surface area contributed by atoms with E-state index in [0.29, 0.717) is 12.0 Å². The van der Waals surface area contributed by atoms with Crippen LogP contribution >= 0.6 is 11.3 Å². The van der Waals surface area contributed by atoms with Crippen molar-refractivity contribution in [3.63, 3.8) is 0 Å². The molecule has 2 atom stereocenters. The van der Waals surface area contributed by atoms with Gasteiger partial charge in [-0.3, -0.25) is 0 Å². The lowest BCUT2D eigenvalue weighted by atomic mass is 10.1. The number of hydrogen-bond donors (Lipinski definition) is 2. The number of aryl methyl sites for hydroxylation is 1. The SMILES string of the molecule is Cc1csc(C(C)NCCC(C)CN)n1. The van der Waals surface area contributed by atoms with Crippen LogP contribution in [0.1, 0.15) is 37.0 Å². The molecule has 0 saturated carbocycles. The van der Waals surface area contributed by atoms with E-state index in [4.69, 9.17) is 5.73 Å². The van der Waals surface area contributed by atoms with Crippen LogP contribution < -0.4 is 11.1 Å². The summed E-state index contributed by atoms with van der Waals surface area (Å²) < 4.78 is 0. The van der Waals surface area contributed by atoms with Gasteiger partial charge in [0.2, 0.25) is 0 Å². The van der Waals surface area contributed by atoms with Crippen LogP contribution in [-0.2, 0) is 0 Å². The summed E-state index contributed by atoms with van der Waals surface area (Å²) in [5.41, 5.74) is 6.68. The first-order valence-corrected chi connectivity index (χ1v) is 6.37. The molecule has 0 fully saturated rings. The average Bonchev–Trinajstić information content (AvgIpc) is 2.64. The third-order valence-corrected chi connectivity index (χ3v) is 3.64. The third kappa shape index (κ3) is 4.28. The van der Waals surface area contributed by atoms with Crippen molar-refractivity contribution in [2.75, 3.05) is 13.1 Å². The largest absolute Gasteiger partial charge is 0.330 e. The van der Waals surface area contributed by atoms with Crippen LogP contribution in [0.15, 0.2) is 5.38 Å². The molecule has 1 aromatic rings. The molecule has 15 heavy (non-hydrogen) atoms. The number of aromatic nitrogens is 1. The lowest BCUT2D eigenvalue weighted by Gasteiger charge is -2.13. The smallest absolute Gasteiger partial charge is 0.110 e. The summed E-state index contributed by atoms with van der Waals surface area (Å²) in [4.78, 5) is 4.46. The second-order valence-electron chi connectivity index (χ2n) is 4.13. The summed E-state index contributed by atoms with van der Waals surface area (Å²) >= 11 is 1.72. The van der Waals surface area contributed by atoms with E-state index < -0.39 is 0 Å². The normalized spacial score (nSPS) is 15.2. The summed E-state index contributed by atoms with van der Waals surface area (Å²) in [7, 11) is 0. The standard InChI is InChI=1S/C11H21N3S/c1-8(6-12)4-5-13-10(3)11-14-9(2)7-15-11/h7-8,10,13H,4-6,12H2,1-3H3. The highest BCUT2D eigenvalue weighted by Crippen LogP contribution is 2.17. The summed E-state index contributed by atoms with van der Waals surface area (Å²) in [6, 6.07) is 0.355. The molecule has 86 valence electrons. The highest BCUT2D eigenvalue weighted by Gasteiger charge is 2.08. The molecule has 1 rings (SSSR count). The first-order valence-electron chi connectivity index (χ1n) is 5.49. The van der Waals surface area contributed by atoms with Gasteiger partial charge in [0.05, 0.1) is 6.04 Å². The molecule has 2 unspecified atom stereocenters. The summed E-state index contributed by atoms with van der Waals surface area (Å²) in [6.07, 6.45) is 1.13. The molecule has 4 heteroatoms. The Morgan fingerprint density at radius 2 is 2.27 bits per heavy atom. The van der Waals surface area contributed by atoms with Crippen molar-refractivity contribution in [2.24, 2.45) is 11.7 Å².